The fourth-order valence-corrected chi connectivity index (χ4v) is 9.68. The fourth-order valence-electron chi connectivity index (χ4n) is 9.68. The molecule has 1 amide bonds. The molecule has 0 radical (unpaired) electrons. The first-order valence-corrected chi connectivity index (χ1v) is 20.9. The number of amides is 1. The largest absolute Gasteiger partial charge is 0.507 e. The molecule has 0 unspecified atom stereocenters. The van der Waals surface area contributed by atoms with E-state index in [1.54, 1.807) is 26.8 Å². The summed E-state index contributed by atoms with van der Waals surface area (Å²) in [5.74, 6) is -2.18. The molecular weight excluding hydrogens is 725 g/mol. The van der Waals surface area contributed by atoms with Crippen LogP contribution in [-0.4, -0.2) is 87.9 Å². The van der Waals surface area contributed by atoms with Crippen LogP contribution in [0.4, 0.5) is 5.69 Å². The number of esters is 1. The summed E-state index contributed by atoms with van der Waals surface area (Å²) >= 11 is 0. The highest BCUT2D eigenvalue weighted by Crippen LogP contribution is 2.50. The summed E-state index contributed by atoms with van der Waals surface area (Å²) in [6.45, 7) is 15.2. The van der Waals surface area contributed by atoms with Crippen molar-refractivity contribution in [3.8, 4) is 17.2 Å². The van der Waals surface area contributed by atoms with Gasteiger partial charge in [0.25, 0.3) is 5.91 Å². The molecule has 12 nitrogen and oxygen atoms in total. The van der Waals surface area contributed by atoms with E-state index in [4.69, 9.17) is 19.5 Å². The van der Waals surface area contributed by atoms with Crippen LogP contribution in [0.25, 0.3) is 10.8 Å². The third-order valence-electron chi connectivity index (χ3n) is 13.2. The van der Waals surface area contributed by atoms with Crippen LogP contribution in [0.2, 0.25) is 0 Å². The van der Waals surface area contributed by atoms with Crippen LogP contribution in [0.15, 0.2) is 33.8 Å². The molecule has 57 heavy (non-hydrogen) atoms. The highest BCUT2D eigenvalue weighted by molar-refractivity contribution is 6.20. The zero-order chi connectivity index (χ0) is 41.5. The Bertz CT molecular complexity index is 2110. The maximum absolute atomic E-state index is 14.8. The van der Waals surface area contributed by atoms with Crippen LogP contribution in [0.1, 0.15) is 116 Å². The minimum atomic E-state index is -1.31. The van der Waals surface area contributed by atoms with E-state index in [2.05, 4.69) is 17.3 Å². The predicted molar refractivity (Wildman–Crippen MR) is 219 cm³/mol. The Kier molecular flexibility index (Phi) is 12.5. The van der Waals surface area contributed by atoms with Crippen LogP contribution >= 0.6 is 0 Å². The van der Waals surface area contributed by atoms with Crippen molar-refractivity contribution in [2.75, 3.05) is 25.5 Å². The second-order valence-corrected chi connectivity index (χ2v) is 17.6. The third-order valence-corrected chi connectivity index (χ3v) is 13.2. The van der Waals surface area contributed by atoms with Gasteiger partial charge < -0.3 is 30.1 Å². The lowest BCUT2D eigenvalue weighted by atomic mass is 9.79. The molecule has 0 aliphatic carbocycles. The van der Waals surface area contributed by atoms with Gasteiger partial charge in [0.15, 0.2) is 11.4 Å². The van der Waals surface area contributed by atoms with E-state index in [0.717, 1.165) is 25.7 Å². The molecule has 4 aliphatic heterocycles. The number of rotatable bonds is 1. The fraction of sp³-hybridized carbons (Fsp3) is 0.622. The molecule has 1 saturated heterocycles. The van der Waals surface area contributed by atoms with E-state index >= 15 is 0 Å². The van der Waals surface area contributed by atoms with Crippen molar-refractivity contribution in [2.45, 2.75) is 137 Å². The number of benzene rings is 2. The lowest BCUT2D eigenvalue weighted by Crippen LogP contribution is -2.41. The number of fused-ring (bicyclic) bond motifs is 3. The number of hydrogen-bond donors (Lipinski definition) is 4. The van der Waals surface area contributed by atoms with Crippen molar-refractivity contribution in [3.63, 3.8) is 0 Å². The van der Waals surface area contributed by atoms with Crippen LogP contribution in [0.5, 0.6) is 17.2 Å². The van der Waals surface area contributed by atoms with Gasteiger partial charge in [-0.1, -0.05) is 45.9 Å². The maximum Gasteiger partial charge on any atom is 0.302 e. The van der Waals surface area contributed by atoms with Crippen molar-refractivity contribution in [2.24, 2.45) is 33.7 Å². The molecule has 4 N–H and O–H groups in total. The molecule has 6 rings (SSSR count). The Balaban J connectivity index is 1.55. The number of aliphatic hydroxyl groups excluding tert-OH is 1. The summed E-state index contributed by atoms with van der Waals surface area (Å²) in [4.78, 5) is 53.6. The number of likely N-dealkylation sites (N-methyl/N-ethyl adjacent to an activating group) is 1. The van der Waals surface area contributed by atoms with E-state index in [-0.39, 0.29) is 74.4 Å². The molecule has 0 spiro atoms. The van der Waals surface area contributed by atoms with Gasteiger partial charge in [0.2, 0.25) is 5.78 Å². The molecule has 0 saturated carbocycles. The Morgan fingerprint density at radius 2 is 1.68 bits per heavy atom. The van der Waals surface area contributed by atoms with Crippen LogP contribution in [-0.2, 0) is 14.3 Å². The average Bonchev–Trinajstić information content (AvgIpc) is 3.63. The number of hydrogen-bond acceptors (Lipinski definition) is 11. The van der Waals surface area contributed by atoms with Crippen molar-refractivity contribution in [1.82, 2.24) is 4.90 Å². The smallest absolute Gasteiger partial charge is 0.302 e. The normalized spacial score (nSPS) is 33.3. The van der Waals surface area contributed by atoms with E-state index < -0.39 is 35.4 Å². The molecule has 1 fully saturated rings. The molecule has 310 valence electrons. The molecule has 12 heteroatoms. The zero-order valence-electron chi connectivity index (χ0n) is 35.1. The summed E-state index contributed by atoms with van der Waals surface area (Å²) in [5, 5.41) is 39.4. The zero-order valence-corrected chi connectivity index (χ0v) is 35.1. The number of carbonyl (C=O) groups excluding carboxylic acids is 3. The van der Waals surface area contributed by atoms with Crippen LogP contribution < -0.4 is 20.8 Å². The second-order valence-electron chi connectivity index (χ2n) is 17.6. The second kappa shape index (κ2) is 16.9. The van der Waals surface area contributed by atoms with Crippen molar-refractivity contribution in [3.05, 3.63) is 45.6 Å². The molecule has 0 aromatic heterocycles. The van der Waals surface area contributed by atoms with Gasteiger partial charge in [-0.3, -0.25) is 29.3 Å². The lowest BCUT2D eigenvalue weighted by molar-refractivity contribution is -0.156. The number of allylic oxidation sites excluding steroid dienone is 3. The number of nitrogens with one attached hydrogen (secondary N) is 1. The molecule has 6 bridgehead atoms. The Morgan fingerprint density at radius 3 is 2.40 bits per heavy atom. The SMILES string of the molecule is CC(=O)O[C@H]1[C@H](C)[C@H](O)[C@H](C)C[C@@H](C)/C=C/C=C(/C)C(=O)Nc2c(O)c3c(O)c(C)c4c(c3c3c2=NC[C@@H]2CC[C@H](CCCN=3)N2C)C(=O)[C@@](C)(CCC[C@H]1C)O4. The van der Waals surface area contributed by atoms with Crippen molar-refractivity contribution >= 4 is 34.1 Å². The van der Waals surface area contributed by atoms with Crippen molar-refractivity contribution in [1.29, 1.82) is 0 Å². The Hall–Kier alpha value is -4.29. The number of nitrogens with zero attached hydrogens (tertiary/aromatic N) is 3. The number of phenolic OH excluding ortho intramolecular Hbond substituents is 2. The first-order valence-electron chi connectivity index (χ1n) is 20.9. The highest BCUT2D eigenvalue weighted by atomic mass is 16.5. The quantitative estimate of drug-likeness (QED) is 0.193. The summed E-state index contributed by atoms with van der Waals surface area (Å²) in [6, 6.07) is 0.547. The Labute approximate surface area is 336 Å². The first kappa shape index (κ1) is 42.3. The minimum absolute atomic E-state index is 0.0159. The van der Waals surface area contributed by atoms with Crippen LogP contribution in [0, 0.1) is 30.6 Å². The number of phenols is 2. The van der Waals surface area contributed by atoms with Gasteiger partial charge in [-0.2, -0.15) is 0 Å². The molecule has 2 aromatic rings. The number of ketones is 1. The van der Waals surface area contributed by atoms with Gasteiger partial charge in [-0.05, 0) is 96.9 Å². The standard InChI is InChI=1S/C45H62N4O8/c1-23-13-10-14-25(3)44(55)48-37-36-35(46-20-12-16-30-17-18-31(22-47-36)49(30)9)32-33(40(37)53)39(52)28(6)42-34(32)43(54)45(8,57-42)19-11-15-24(2)41(56-29(7)50)27(5)38(51)26(4)21-23/h10,13-14,23-24,26-27,30-31,38,41,51-53H,11-12,15-22H2,1-9H3,(H,48,55)/b13-10+,25-14-,46-35?,47-36?/t23-,24+,26+,27+,30-,31-,38+,41+,45+/m0/s1. The average molecular weight is 787 g/mol. The van der Waals surface area contributed by atoms with Crippen molar-refractivity contribution < 1.29 is 39.2 Å². The van der Waals surface area contributed by atoms with Crippen LogP contribution in [0.3, 0.4) is 0 Å². The number of aromatic hydroxyl groups is 2. The number of Topliss-reactive ketones (excluding diaryl/α,β-unsaturated/α-hetero) is 1. The topological polar surface area (TPSA) is 170 Å². The van der Waals surface area contributed by atoms with Gasteiger partial charge in [-0.15, -0.1) is 0 Å². The Morgan fingerprint density at radius 1 is 0.965 bits per heavy atom. The molecular formula is C45H62N4O8. The summed E-state index contributed by atoms with van der Waals surface area (Å²) in [5.41, 5.74) is -0.398. The lowest BCUT2D eigenvalue weighted by Gasteiger charge is -2.35. The first-order chi connectivity index (χ1) is 26.9. The molecule has 4 aliphatic rings. The molecule has 2 aromatic carbocycles. The third kappa shape index (κ3) is 8.22. The van der Waals surface area contributed by atoms with E-state index in [1.165, 1.54) is 6.92 Å². The number of aliphatic hydroxyl groups is 1. The highest BCUT2D eigenvalue weighted by Gasteiger charge is 2.47. The van der Waals surface area contributed by atoms with E-state index in [1.807, 2.05) is 39.8 Å². The number of ether oxygens (including phenoxy) is 2. The van der Waals surface area contributed by atoms with Gasteiger partial charge in [0.05, 0.1) is 29.0 Å². The maximum atomic E-state index is 14.8. The minimum Gasteiger partial charge on any atom is -0.507 e. The number of anilines is 1. The predicted octanol–water partition coefficient (Wildman–Crippen LogP) is 6.24. The van der Waals surface area contributed by atoms with Gasteiger partial charge >= 0.3 is 5.97 Å². The summed E-state index contributed by atoms with van der Waals surface area (Å²) in [7, 11) is 2.12. The monoisotopic (exact) mass is 786 g/mol. The summed E-state index contributed by atoms with van der Waals surface area (Å²) in [6.07, 6.45) is 10.0. The van der Waals surface area contributed by atoms with Gasteiger partial charge in [-0.25, -0.2) is 0 Å². The number of carbonyl (C=O) groups is 3. The van der Waals surface area contributed by atoms with Gasteiger partial charge in [0.1, 0.15) is 28.6 Å². The molecule has 4 heterocycles. The van der Waals surface area contributed by atoms with E-state index in [0.29, 0.717) is 61.3 Å². The van der Waals surface area contributed by atoms with Gasteiger partial charge in [0, 0.05) is 48.0 Å². The summed E-state index contributed by atoms with van der Waals surface area (Å²) < 4.78 is 12.4. The van der Waals surface area contributed by atoms with E-state index in [9.17, 15) is 29.7 Å². The molecule has 9 atom stereocenters.